The van der Waals surface area contributed by atoms with E-state index in [0.29, 0.717) is 0 Å². The first-order valence-corrected chi connectivity index (χ1v) is 0.716. The monoisotopic (exact) mass is 57.0 g/mol. The average molecular weight is 57.1 g/mol. The van der Waals surface area contributed by atoms with E-state index in [1.807, 2.05) is 0 Å². The quantitative estimate of drug-likeness (QED) is 0.311. The molecule has 0 unspecified atom stereocenters. The minimum absolute atomic E-state index is 2.64. The molecule has 0 aliphatic carbocycles. The normalized spacial score (nSPS) is 4.00. The van der Waals surface area contributed by atoms with E-state index in [0.717, 1.165) is 0 Å². The van der Waals surface area contributed by atoms with Crippen LogP contribution in [-0.4, -0.2) is 0 Å². The second kappa shape index (κ2) is 2.25. The van der Waals surface area contributed by atoms with Crippen molar-refractivity contribution in [1.82, 2.24) is 0 Å². The van der Waals surface area contributed by atoms with Crippen molar-refractivity contribution in [2.24, 2.45) is 5.84 Å². The van der Waals surface area contributed by atoms with Crippen LogP contribution in [0.5, 0.6) is 0 Å². The van der Waals surface area contributed by atoms with Crippen LogP contribution in [0.1, 0.15) is 0 Å². The van der Waals surface area contributed by atoms with Crippen LogP contribution in [0.15, 0.2) is 0 Å². The van der Waals surface area contributed by atoms with Gasteiger partial charge in [-0.1, -0.05) is 4.95 Å². The Balaban J connectivity index is 2.43. The van der Waals surface area contributed by atoms with Gasteiger partial charge in [-0.3, -0.25) is 0 Å². The minimum atomic E-state index is 2.64. The van der Waals surface area contributed by atoms with E-state index in [1.165, 1.54) is 0 Å². The number of nitrogens with two attached hydrogens (primary N) is 1. The molecule has 0 aliphatic heterocycles. The molecule has 22 valence electrons. The van der Waals surface area contributed by atoms with Gasteiger partial charge in [0.2, 0.25) is 0 Å². The molecule has 0 heterocycles. The summed E-state index contributed by atoms with van der Waals surface area (Å²) in [6, 6.07) is 0. The second-order valence-corrected chi connectivity index (χ2v) is 0.231. The second-order valence-electron chi connectivity index (χ2n) is 0.231. The smallest absolute Gasteiger partial charge is 0.257 e. The minimum Gasteiger partial charge on any atom is -0.347 e. The maximum absolute atomic E-state index is 4.36. The summed E-state index contributed by atoms with van der Waals surface area (Å²) in [5.74, 6) is 4.36. The zero-order chi connectivity index (χ0) is 3.41. The topological polar surface area (TPSA) is 44.5 Å². The molecule has 2 N–H and O–H groups in total. The summed E-state index contributed by atoms with van der Waals surface area (Å²) in [5.41, 5.74) is 2.64. The molecule has 0 atom stereocenters. The van der Waals surface area contributed by atoms with E-state index in [4.69, 9.17) is 0 Å². The van der Waals surface area contributed by atoms with E-state index in [-0.39, 0.29) is 0 Å². The molecule has 0 aromatic heterocycles. The van der Waals surface area contributed by atoms with Crippen LogP contribution in [0.2, 0.25) is 0 Å². The maximum Gasteiger partial charge on any atom is 0.257 e. The lowest BCUT2D eigenvalue weighted by atomic mass is 11.8. The Morgan fingerprint density at radius 2 is 2.25 bits per heavy atom. The highest BCUT2D eigenvalue weighted by Gasteiger charge is 1.30. The largest absolute Gasteiger partial charge is 0.347 e. The van der Waals surface area contributed by atoms with Gasteiger partial charge in [-0.25, -0.2) is 5.53 Å². The zero-order valence-corrected chi connectivity index (χ0v) is 2.05. The lowest BCUT2D eigenvalue weighted by Crippen LogP contribution is -1.71. The average Bonchev–Trinajstić information content (AvgIpc) is 1.37. The number of rotatable bonds is 0. The lowest BCUT2D eigenvalue weighted by molar-refractivity contribution is 1.49. The third-order valence-corrected chi connectivity index (χ3v) is 0.0667. The molecule has 0 saturated heterocycles. The summed E-state index contributed by atoms with van der Waals surface area (Å²) in [7, 11) is 0. The van der Waals surface area contributed by atoms with Crippen molar-refractivity contribution in [2.45, 2.75) is 0 Å². The van der Waals surface area contributed by atoms with Crippen molar-refractivity contribution >= 4 is 0 Å². The first-order chi connectivity index (χ1) is 1.91. The molecular formula is CH3N3. The van der Waals surface area contributed by atoms with Gasteiger partial charge in [0.25, 0.3) is 6.57 Å². The fourth-order valence-corrected chi connectivity index (χ4v) is 0. The van der Waals surface area contributed by atoms with E-state index >= 15 is 0 Å². The molecule has 0 amide bonds. The van der Waals surface area contributed by atoms with Crippen LogP contribution in [0.4, 0.5) is 0 Å². The van der Waals surface area contributed by atoms with Crippen molar-refractivity contribution in [3.05, 3.63) is 10.5 Å². The number of hydrogen-bond donors (Lipinski definition) is 1. The SMILES string of the molecule is C#[N+][N-]N. The van der Waals surface area contributed by atoms with Gasteiger partial charge in [-0.2, -0.15) is 0 Å². The molecule has 3 nitrogen and oxygen atoms in total. The molecule has 0 fully saturated rings. The van der Waals surface area contributed by atoms with Gasteiger partial charge in [0.05, 0.1) is 0 Å². The molecule has 0 radical (unpaired) electrons. The van der Waals surface area contributed by atoms with Gasteiger partial charge in [-0.05, 0) is 0 Å². The lowest BCUT2D eigenvalue weighted by Gasteiger charge is -1.69. The molecule has 0 spiro atoms. The van der Waals surface area contributed by atoms with Gasteiger partial charge in [0.15, 0.2) is 0 Å². The zero-order valence-electron chi connectivity index (χ0n) is 2.05. The molecular weight excluding hydrogens is 54.0 g/mol. The first kappa shape index (κ1) is 3.25. The predicted octanol–water partition coefficient (Wildman–Crippen LogP) is 0.112. The summed E-state index contributed by atoms with van der Waals surface area (Å²) < 4.78 is 0. The van der Waals surface area contributed by atoms with Gasteiger partial charge in [0.1, 0.15) is 0 Å². The van der Waals surface area contributed by atoms with E-state index in [2.05, 4.69) is 22.9 Å². The maximum atomic E-state index is 4.36. The van der Waals surface area contributed by atoms with Gasteiger partial charge in [-0.15, -0.1) is 0 Å². The molecule has 0 saturated carbocycles. The van der Waals surface area contributed by atoms with Crippen molar-refractivity contribution in [3.8, 4) is 6.57 Å². The molecule has 3 heteroatoms. The van der Waals surface area contributed by atoms with Crippen LogP contribution in [-0.2, 0) is 0 Å². The molecule has 0 aliphatic rings. The van der Waals surface area contributed by atoms with Crippen LogP contribution >= 0.6 is 0 Å². The summed E-state index contributed by atoms with van der Waals surface area (Å²) in [5, 5.41) is 0. The predicted molar refractivity (Wildman–Crippen MR) is 15.9 cm³/mol. The van der Waals surface area contributed by atoms with Crippen molar-refractivity contribution in [2.75, 3.05) is 0 Å². The van der Waals surface area contributed by atoms with E-state index < -0.39 is 0 Å². The first-order valence-electron chi connectivity index (χ1n) is 0.716. The van der Waals surface area contributed by atoms with Crippen molar-refractivity contribution < 1.29 is 0 Å². The third-order valence-electron chi connectivity index (χ3n) is 0.0667. The summed E-state index contributed by atoms with van der Waals surface area (Å²) in [6.45, 7) is 4.36. The fourth-order valence-electron chi connectivity index (χ4n) is 0. The summed E-state index contributed by atoms with van der Waals surface area (Å²) in [6.07, 6.45) is 0. The Labute approximate surface area is 24.2 Å². The standard InChI is InChI=1S/CH3N3/c1-3-4-2/h1H,2H2. The van der Waals surface area contributed by atoms with E-state index in [1.54, 1.807) is 0 Å². The van der Waals surface area contributed by atoms with Crippen LogP contribution < -0.4 is 5.84 Å². The van der Waals surface area contributed by atoms with Crippen LogP contribution in [0.3, 0.4) is 0 Å². The summed E-state index contributed by atoms with van der Waals surface area (Å²) in [4.78, 5) is 2.64. The highest BCUT2D eigenvalue weighted by molar-refractivity contribution is 4.75. The van der Waals surface area contributed by atoms with Crippen LogP contribution in [0.25, 0.3) is 10.5 Å². The fraction of sp³-hybridized carbons (Fsp3) is 0. The Kier molecular flexibility index (Phi) is 1.83. The molecule has 4 heavy (non-hydrogen) atoms. The van der Waals surface area contributed by atoms with Gasteiger partial charge in [0, 0.05) is 0 Å². The Morgan fingerprint density at radius 3 is 2.25 bits per heavy atom. The molecule has 0 bridgehead atoms. The molecule has 0 aromatic rings. The third kappa shape index (κ3) is 1.25. The van der Waals surface area contributed by atoms with Crippen molar-refractivity contribution in [1.29, 1.82) is 0 Å². The molecule has 0 aromatic carbocycles. The van der Waals surface area contributed by atoms with Gasteiger partial charge < -0.3 is 5.84 Å². The Bertz CT molecular complexity index is 33.0. The van der Waals surface area contributed by atoms with Gasteiger partial charge >= 0.3 is 0 Å². The van der Waals surface area contributed by atoms with Crippen LogP contribution in [0, 0.1) is 6.57 Å². The van der Waals surface area contributed by atoms with Crippen molar-refractivity contribution in [3.63, 3.8) is 0 Å². The van der Waals surface area contributed by atoms with E-state index in [9.17, 15) is 0 Å². The highest BCUT2D eigenvalue weighted by atomic mass is 15.4. The Hall–Kier alpha value is -0.750. The number of hydrogen-bond acceptors (Lipinski definition) is 1. The highest BCUT2D eigenvalue weighted by Crippen LogP contribution is 1.59. The molecule has 0 rings (SSSR count). The Morgan fingerprint density at radius 1 is 2.00 bits per heavy atom. The summed E-state index contributed by atoms with van der Waals surface area (Å²) >= 11 is 0. The number of nitrogens with zero attached hydrogens (tertiary/aromatic N) is 2.